The lowest BCUT2D eigenvalue weighted by atomic mass is 10.2. The third kappa shape index (κ3) is 3.57. The molecule has 1 aliphatic rings. The van der Waals surface area contributed by atoms with E-state index in [1.54, 1.807) is 19.4 Å². The van der Waals surface area contributed by atoms with Crippen LogP contribution in [0.5, 0.6) is 5.88 Å². The van der Waals surface area contributed by atoms with Gasteiger partial charge in [0, 0.05) is 19.2 Å². The zero-order valence-electron chi connectivity index (χ0n) is 11.3. The summed E-state index contributed by atoms with van der Waals surface area (Å²) < 4.78 is 10.2. The van der Waals surface area contributed by atoms with Crippen molar-refractivity contribution >= 4 is 11.6 Å². The molecule has 0 aliphatic carbocycles. The Bertz CT molecular complexity index is 416. The molecule has 1 aliphatic heterocycles. The van der Waals surface area contributed by atoms with Gasteiger partial charge in [0.25, 0.3) is 0 Å². The van der Waals surface area contributed by atoms with Gasteiger partial charge in [0.1, 0.15) is 6.04 Å². The van der Waals surface area contributed by atoms with Crippen molar-refractivity contribution < 1.29 is 14.3 Å². The van der Waals surface area contributed by atoms with Gasteiger partial charge in [-0.05, 0) is 13.0 Å². The smallest absolute Gasteiger partial charge is 0.244 e. The summed E-state index contributed by atoms with van der Waals surface area (Å²) in [6, 6.07) is 3.32. The van der Waals surface area contributed by atoms with E-state index >= 15 is 0 Å². The monoisotopic (exact) mass is 265 g/mol. The van der Waals surface area contributed by atoms with Crippen molar-refractivity contribution in [3.05, 3.63) is 18.3 Å². The molecule has 1 amide bonds. The van der Waals surface area contributed by atoms with E-state index in [-0.39, 0.29) is 11.9 Å². The molecule has 6 heteroatoms. The normalized spacial score (nSPS) is 16.8. The second-order valence-electron chi connectivity index (χ2n) is 4.39. The molecule has 2 rings (SSSR count). The molecule has 0 aromatic carbocycles. The van der Waals surface area contributed by atoms with Crippen LogP contribution in [0.1, 0.15) is 6.92 Å². The van der Waals surface area contributed by atoms with Crippen LogP contribution in [0.4, 0.5) is 5.69 Å². The van der Waals surface area contributed by atoms with Crippen molar-refractivity contribution in [2.75, 3.05) is 38.7 Å². The standard InChI is InChI=1S/C13H19N3O3/c1-10(13(17)16-5-7-19-8-6-16)15-11-3-4-12(18-2)14-9-11/h3-4,9-10,15H,5-8H2,1-2H3. The molecule has 1 saturated heterocycles. The quantitative estimate of drug-likeness (QED) is 0.870. The highest BCUT2D eigenvalue weighted by Crippen LogP contribution is 2.13. The molecule has 0 saturated carbocycles. The minimum atomic E-state index is -0.284. The number of anilines is 1. The van der Waals surface area contributed by atoms with Crippen LogP contribution in [-0.4, -0.2) is 55.2 Å². The lowest BCUT2D eigenvalue weighted by Gasteiger charge is -2.29. The van der Waals surface area contributed by atoms with Gasteiger partial charge in [0.15, 0.2) is 0 Å². The Morgan fingerprint density at radius 3 is 2.79 bits per heavy atom. The number of rotatable bonds is 4. The summed E-state index contributed by atoms with van der Waals surface area (Å²) in [5.41, 5.74) is 0.801. The molecular weight excluding hydrogens is 246 g/mol. The second-order valence-corrected chi connectivity index (χ2v) is 4.39. The average Bonchev–Trinajstić information content (AvgIpc) is 2.48. The highest BCUT2D eigenvalue weighted by molar-refractivity contribution is 5.84. The number of aromatic nitrogens is 1. The Morgan fingerprint density at radius 2 is 2.21 bits per heavy atom. The number of amides is 1. The van der Waals surface area contributed by atoms with E-state index < -0.39 is 0 Å². The van der Waals surface area contributed by atoms with Crippen LogP contribution in [0.15, 0.2) is 18.3 Å². The van der Waals surface area contributed by atoms with Gasteiger partial charge >= 0.3 is 0 Å². The van der Waals surface area contributed by atoms with E-state index in [1.165, 1.54) is 0 Å². The predicted molar refractivity (Wildman–Crippen MR) is 71.3 cm³/mol. The molecule has 0 spiro atoms. The number of pyridine rings is 1. The minimum Gasteiger partial charge on any atom is -0.481 e. The molecule has 0 radical (unpaired) electrons. The van der Waals surface area contributed by atoms with Crippen LogP contribution in [0, 0.1) is 0 Å². The molecule has 1 atom stereocenters. The second kappa shape index (κ2) is 6.38. The molecule has 1 aromatic heterocycles. The fraction of sp³-hybridized carbons (Fsp3) is 0.538. The Hall–Kier alpha value is -1.82. The van der Waals surface area contributed by atoms with Crippen molar-refractivity contribution in [2.45, 2.75) is 13.0 Å². The van der Waals surface area contributed by atoms with Crippen molar-refractivity contribution in [1.29, 1.82) is 0 Å². The number of nitrogens with zero attached hydrogens (tertiary/aromatic N) is 2. The molecule has 104 valence electrons. The topological polar surface area (TPSA) is 63.7 Å². The summed E-state index contributed by atoms with van der Waals surface area (Å²) in [5, 5.41) is 3.14. The SMILES string of the molecule is COc1ccc(NC(C)C(=O)N2CCOCC2)cn1. The number of ether oxygens (including phenoxy) is 2. The molecule has 6 nitrogen and oxygen atoms in total. The van der Waals surface area contributed by atoms with Crippen LogP contribution < -0.4 is 10.1 Å². The number of carbonyl (C=O) groups excluding carboxylic acids is 1. The maximum atomic E-state index is 12.2. The Labute approximate surface area is 112 Å². The fourth-order valence-corrected chi connectivity index (χ4v) is 1.96. The molecule has 1 unspecified atom stereocenters. The largest absolute Gasteiger partial charge is 0.481 e. The summed E-state index contributed by atoms with van der Waals surface area (Å²) in [4.78, 5) is 18.1. The fourth-order valence-electron chi connectivity index (χ4n) is 1.96. The lowest BCUT2D eigenvalue weighted by molar-refractivity contribution is -0.135. The van der Waals surface area contributed by atoms with Crippen LogP contribution in [0.2, 0.25) is 0 Å². The highest BCUT2D eigenvalue weighted by Gasteiger charge is 2.22. The van der Waals surface area contributed by atoms with Crippen LogP contribution in [-0.2, 0) is 9.53 Å². The number of methoxy groups -OCH3 is 1. The van der Waals surface area contributed by atoms with E-state index in [1.807, 2.05) is 17.9 Å². The van der Waals surface area contributed by atoms with Gasteiger partial charge in [0.05, 0.1) is 32.2 Å². The maximum Gasteiger partial charge on any atom is 0.244 e. The maximum absolute atomic E-state index is 12.2. The van der Waals surface area contributed by atoms with Gasteiger partial charge in [-0.15, -0.1) is 0 Å². The number of carbonyl (C=O) groups is 1. The molecule has 2 heterocycles. The summed E-state index contributed by atoms with van der Waals surface area (Å²) in [6.07, 6.45) is 1.65. The van der Waals surface area contributed by atoms with Crippen molar-refractivity contribution in [2.24, 2.45) is 0 Å². The Kier molecular flexibility index (Phi) is 4.57. The average molecular weight is 265 g/mol. The molecule has 19 heavy (non-hydrogen) atoms. The first-order chi connectivity index (χ1) is 9.20. The van der Waals surface area contributed by atoms with Gasteiger partial charge in [-0.2, -0.15) is 0 Å². The Morgan fingerprint density at radius 1 is 1.47 bits per heavy atom. The third-order valence-corrected chi connectivity index (χ3v) is 3.02. The minimum absolute atomic E-state index is 0.0825. The summed E-state index contributed by atoms with van der Waals surface area (Å²) in [5.74, 6) is 0.636. The van der Waals surface area contributed by atoms with E-state index in [0.29, 0.717) is 32.2 Å². The molecule has 1 fully saturated rings. The molecule has 1 aromatic rings. The first-order valence-electron chi connectivity index (χ1n) is 6.34. The number of morpholine rings is 1. The zero-order valence-corrected chi connectivity index (χ0v) is 11.3. The zero-order chi connectivity index (χ0) is 13.7. The van der Waals surface area contributed by atoms with Gasteiger partial charge in [0.2, 0.25) is 11.8 Å². The number of nitrogens with one attached hydrogen (secondary N) is 1. The third-order valence-electron chi connectivity index (χ3n) is 3.02. The molecule has 1 N–H and O–H groups in total. The summed E-state index contributed by atoms with van der Waals surface area (Å²) in [7, 11) is 1.57. The van der Waals surface area contributed by atoms with E-state index in [4.69, 9.17) is 9.47 Å². The van der Waals surface area contributed by atoms with Crippen LogP contribution in [0.3, 0.4) is 0 Å². The summed E-state index contributed by atoms with van der Waals surface area (Å²) in [6.45, 7) is 4.39. The van der Waals surface area contributed by atoms with Gasteiger partial charge in [-0.1, -0.05) is 0 Å². The van der Waals surface area contributed by atoms with Crippen molar-refractivity contribution in [1.82, 2.24) is 9.88 Å². The Balaban J connectivity index is 1.91. The highest BCUT2D eigenvalue weighted by atomic mass is 16.5. The van der Waals surface area contributed by atoms with Crippen LogP contribution >= 0.6 is 0 Å². The number of hydrogen-bond acceptors (Lipinski definition) is 5. The van der Waals surface area contributed by atoms with Crippen molar-refractivity contribution in [3.63, 3.8) is 0 Å². The van der Waals surface area contributed by atoms with E-state index in [0.717, 1.165) is 5.69 Å². The summed E-state index contributed by atoms with van der Waals surface area (Å²) >= 11 is 0. The predicted octanol–water partition coefficient (Wildman–Crippen LogP) is 0.749. The van der Waals surface area contributed by atoms with Gasteiger partial charge in [-0.25, -0.2) is 4.98 Å². The van der Waals surface area contributed by atoms with Gasteiger partial charge in [-0.3, -0.25) is 4.79 Å². The van der Waals surface area contributed by atoms with Crippen molar-refractivity contribution in [3.8, 4) is 5.88 Å². The lowest BCUT2D eigenvalue weighted by Crippen LogP contribution is -2.47. The molecular formula is C13H19N3O3. The van der Waals surface area contributed by atoms with Crippen LogP contribution in [0.25, 0.3) is 0 Å². The number of hydrogen-bond donors (Lipinski definition) is 1. The van der Waals surface area contributed by atoms with E-state index in [9.17, 15) is 4.79 Å². The van der Waals surface area contributed by atoms with E-state index in [2.05, 4.69) is 10.3 Å². The first kappa shape index (κ1) is 13.6. The molecule has 0 bridgehead atoms. The van der Waals surface area contributed by atoms with Gasteiger partial charge < -0.3 is 19.7 Å². The first-order valence-corrected chi connectivity index (χ1v) is 6.34.